The van der Waals surface area contributed by atoms with E-state index in [9.17, 15) is 4.79 Å². The van der Waals surface area contributed by atoms with Gasteiger partial charge < -0.3 is 10.4 Å². The van der Waals surface area contributed by atoms with Crippen molar-refractivity contribution in [1.29, 1.82) is 0 Å². The van der Waals surface area contributed by atoms with Gasteiger partial charge in [-0.25, -0.2) is 0 Å². The lowest BCUT2D eigenvalue weighted by Gasteiger charge is -2.12. The van der Waals surface area contributed by atoms with Gasteiger partial charge in [-0.3, -0.25) is 4.79 Å². The minimum atomic E-state index is -0.702. The van der Waals surface area contributed by atoms with Gasteiger partial charge in [-0.2, -0.15) is 11.3 Å². The summed E-state index contributed by atoms with van der Waals surface area (Å²) < 4.78 is 0. The maximum Gasteiger partial charge on any atom is 0.303 e. The Morgan fingerprint density at radius 1 is 1.56 bits per heavy atom. The first kappa shape index (κ1) is 13.2. The van der Waals surface area contributed by atoms with E-state index < -0.39 is 5.97 Å². The van der Waals surface area contributed by atoms with Gasteiger partial charge in [-0.15, -0.1) is 0 Å². The first-order valence-corrected chi connectivity index (χ1v) is 6.59. The van der Waals surface area contributed by atoms with Gasteiger partial charge in [0.2, 0.25) is 0 Å². The molecule has 1 rings (SSSR count). The highest BCUT2D eigenvalue weighted by molar-refractivity contribution is 7.07. The summed E-state index contributed by atoms with van der Waals surface area (Å²) in [6.45, 7) is 3.06. The van der Waals surface area contributed by atoms with Crippen LogP contribution in [0.4, 0.5) is 0 Å². The molecule has 2 N–H and O–H groups in total. The molecule has 1 aromatic heterocycles. The molecule has 0 saturated heterocycles. The lowest BCUT2D eigenvalue weighted by atomic mass is 10.1. The van der Waals surface area contributed by atoms with Crippen LogP contribution in [0.5, 0.6) is 0 Å². The van der Waals surface area contributed by atoms with E-state index in [0.717, 1.165) is 25.8 Å². The van der Waals surface area contributed by atoms with Gasteiger partial charge in [0.1, 0.15) is 0 Å². The first-order valence-electron chi connectivity index (χ1n) is 5.64. The summed E-state index contributed by atoms with van der Waals surface area (Å²) >= 11 is 1.72. The van der Waals surface area contributed by atoms with E-state index in [1.54, 1.807) is 11.3 Å². The fraction of sp³-hybridized carbons (Fsp3) is 0.583. The zero-order valence-corrected chi connectivity index (χ0v) is 10.4. The Hall–Kier alpha value is -0.870. The maximum atomic E-state index is 10.3. The third-order valence-electron chi connectivity index (χ3n) is 2.43. The zero-order chi connectivity index (χ0) is 11.8. The monoisotopic (exact) mass is 241 g/mol. The Balaban J connectivity index is 2.02. The summed E-state index contributed by atoms with van der Waals surface area (Å²) in [5.74, 6) is -0.702. The molecule has 0 saturated carbocycles. The van der Waals surface area contributed by atoms with E-state index in [-0.39, 0.29) is 6.42 Å². The fourth-order valence-electron chi connectivity index (χ4n) is 1.58. The molecule has 1 atom stereocenters. The molecule has 0 bridgehead atoms. The molecule has 1 unspecified atom stereocenters. The van der Waals surface area contributed by atoms with E-state index in [0.29, 0.717) is 6.04 Å². The molecule has 0 amide bonds. The Bertz CT molecular complexity index is 298. The summed E-state index contributed by atoms with van der Waals surface area (Å²) in [5.41, 5.74) is 1.37. The minimum absolute atomic E-state index is 0.278. The normalized spacial score (nSPS) is 12.6. The van der Waals surface area contributed by atoms with Crippen molar-refractivity contribution in [1.82, 2.24) is 5.32 Å². The van der Waals surface area contributed by atoms with Gasteiger partial charge >= 0.3 is 5.97 Å². The Morgan fingerprint density at radius 3 is 3.00 bits per heavy atom. The molecule has 16 heavy (non-hydrogen) atoms. The van der Waals surface area contributed by atoms with E-state index in [2.05, 4.69) is 29.1 Å². The van der Waals surface area contributed by atoms with Crippen molar-refractivity contribution < 1.29 is 9.90 Å². The number of hydrogen-bond acceptors (Lipinski definition) is 3. The molecule has 0 fully saturated rings. The van der Waals surface area contributed by atoms with Crippen LogP contribution < -0.4 is 5.32 Å². The number of unbranched alkanes of at least 4 members (excludes halogenated alkanes) is 1. The average Bonchev–Trinajstić information content (AvgIpc) is 2.69. The van der Waals surface area contributed by atoms with Crippen molar-refractivity contribution in [3.63, 3.8) is 0 Å². The molecular formula is C12H19NO2S. The summed E-state index contributed by atoms with van der Waals surface area (Å²) in [4.78, 5) is 10.3. The molecule has 1 aromatic rings. The number of carboxylic acids is 1. The molecular weight excluding hydrogens is 222 g/mol. The predicted molar refractivity (Wildman–Crippen MR) is 67.0 cm³/mol. The van der Waals surface area contributed by atoms with E-state index in [4.69, 9.17) is 5.11 Å². The molecule has 4 heteroatoms. The number of rotatable bonds is 8. The van der Waals surface area contributed by atoms with Crippen LogP contribution in [0.25, 0.3) is 0 Å². The third kappa shape index (κ3) is 5.88. The quantitative estimate of drug-likeness (QED) is 0.688. The summed E-state index contributed by atoms with van der Waals surface area (Å²) in [6, 6.07) is 2.60. The summed E-state index contributed by atoms with van der Waals surface area (Å²) in [7, 11) is 0. The van der Waals surface area contributed by atoms with Crippen molar-refractivity contribution in [3.8, 4) is 0 Å². The number of thiophene rings is 1. The Morgan fingerprint density at radius 2 is 2.38 bits per heavy atom. The number of nitrogens with one attached hydrogen (secondary N) is 1. The van der Waals surface area contributed by atoms with E-state index >= 15 is 0 Å². The van der Waals surface area contributed by atoms with Gasteiger partial charge in [0, 0.05) is 12.5 Å². The average molecular weight is 241 g/mol. The van der Waals surface area contributed by atoms with Gasteiger partial charge in [0.15, 0.2) is 0 Å². The van der Waals surface area contributed by atoms with Crippen LogP contribution in [0.1, 0.15) is 31.7 Å². The van der Waals surface area contributed by atoms with Crippen LogP contribution in [0.3, 0.4) is 0 Å². The second-order valence-corrected chi connectivity index (χ2v) is 4.82. The van der Waals surface area contributed by atoms with Crippen molar-refractivity contribution in [3.05, 3.63) is 22.4 Å². The molecule has 0 spiro atoms. The molecule has 0 radical (unpaired) electrons. The Kier molecular flexibility index (Phi) is 6.11. The van der Waals surface area contributed by atoms with Crippen LogP contribution in [0.2, 0.25) is 0 Å². The second kappa shape index (κ2) is 7.41. The first-order chi connectivity index (χ1) is 7.68. The van der Waals surface area contributed by atoms with E-state index in [1.807, 2.05) is 0 Å². The van der Waals surface area contributed by atoms with E-state index in [1.165, 1.54) is 5.56 Å². The zero-order valence-electron chi connectivity index (χ0n) is 9.61. The van der Waals surface area contributed by atoms with Crippen LogP contribution in [0, 0.1) is 0 Å². The van der Waals surface area contributed by atoms with Crippen molar-refractivity contribution >= 4 is 17.3 Å². The predicted octanol–water partition coefficient (Wildman–Crippen LogP) is 2.52. The summed E-state index contributed by atoms with van der Waals surface area (Å²) in [6.07, 6.45) is 3.01. The number of carboxylic acid groups (broad SMARTS) is 1. The van der Waals surface area contributed by atoms with Crippen LogP contribution in [-0.2, 0) is 11.2 Å². The van der Waals surface area contributed by atoms with Gasteiger partial charge in [0.05, 0.1) is 0 Å². The lowest BCUT2D eigenvalue weighted by molar-refractivity contribution is -0.137. The third-order valence-corrected chi connectivity index (χ3v) is 3.16. The molecule has 3 nitrogen and oxygen atoms in total. The topological polar surface area (TPSA) is 49.3 Å². The van der Waals surface area contributed by atoms with Crippen molar-refractivity contribution in [2.24, 2.45) is 0 Å². The van der Waals surface area contributed by atoms with Crippen LogP contribution >= 0.6 is 11.3 Å². The highest BCUT2D eigenvalue weighted by Crippen LogP contribution is 2.08. The maximum absolute atomic E-state index is 10.3. The van der Waals surface area contributed by atoms with Crippen LogP contribution in [0.15, 0.2) is 16.8 Å². The molecule has 1 heterocycles. The summed E-state index contributed by atoms with van der Waals surface area (Å²) in [5, 5.41) is 16.1. The molecule has 0 aliphatic heterocycles. The number of aliphatic carboxylic acids is 1. The van der Waals surface area contributed by atoms with Gasteiger partial charge in [-0.05, 0) is 55.1 Å². The van der Waals surface area contributed by atoms with Gasteiger partial charge in [0.25, 0.3) is 0 Å². The molecule has 0 aromatic carbocycles. The second-order valence-electron chi connectivity index (χ2n) is 4.04. The highest BCUT2D eigenvalue weighted by atomic mass is 32.1. The SMILES string of the molecule is CC(Cc1ccsc1)NCCCCC(=O)O. The Labute approximate surface area is 100 Å². The molecule has 0 aliphatic rings. The van der Waals surface area contributed by atoms with Crippen LogP contribution in [-0.4, -0.2) is 23.7 Å². The minimum Gasteiger partial charge on any atom is -0.481 e. The largest absolute Gasteiger partial charge is 0.481 e. The van der Waals surface area contributed by atoms with Crippen molar-refractivity contribution in [2.75, 3.05) is 6.54 Å². The number of carbonyl (C=O) groups is 1. The smallest absolute Gasteiger partial charge is 0.303 e. The molecule has 90 valence electrons. The van der Waals surface area contributed by atoms with Crippen molar-refractivity contribution in [2.45, 2.75) is 38.6 Å². The molecule has 0 aliphatic carbocycles. The standard InChI is InChI=1S/C12H19NO2S/c1-10(8-11-5-7-16-9-11)13-6-3-2-4-12(14)15/h5,7,9-10,13H,2-4,6,8H2,1H3,(H,14,15). The highest BCUT2D eigenvalue weighted by Gasteiger charge is 2.03. The fourth-order valence-corrected chi connectivity index (χ4v) is 2.27. The van der Waals surface area contributed by atoms with Gasteiger partial charge in [-0.1, -0.05) is 0 Å². The number of hydrogen-bond donors (Lipinski definition) is 2. The lowest BCUT2D eigenvalue weighted by Crippen LogP contribution is -2.28.